The summed E-state index contributed by atoms with van der Waals surface area (Å²) in [6.45, 7) is 5.59. The van der Waals surface area contributed by atoms with Gasteiger partial charge in [-0.3, -0.25) is 14.2 Å². The topological polar surface area (TPSA) is 100 Å². The van der Waals surface area contributed by atoms with E-state index in [9.17, 15) is 9.90 Å². The number of nitrogens with zero attached hydrogens (tertiary/aromatic N) is 5. The average Bonchev–Trinajstić information content (AvgIpc) is 3.34. The van der Waals surface area contributed by atoms with Gasteiger partial charge in [0, 0.05) is 63.7 Å². The van der Waals surface area contributed by atoms with Gasteiger partial charge in [0.25, 0.3) is 5.91 Å². The molecule has 31 heavy (non-hydrogen) atoms. The van der Waals surface area contributed by atoms with Crippen molar-refractivity contribution >= 4 is 39.1 Å². The molecule has 1 aliphatic heterocycles. The number of fused-ring (bicyclic) bond motifs is 2. The van der Waals surface area contributed by atoms with Crippen LogP contribution in [0.5, 0.6) is 5.75 Å². The third-order valence-corrected chi connectivity index (χ3v) is 5.79. The second-order valence-electron chi connectivity index (χ2n) is 8.04. The van der Waals surface area contributed by atoms with E-state index >= 15 is 0 Å². The van der Waals surface area contributed by atoms with Crippen LogP contribution in [0.1, 0.15) is 15.9 Å². The molecule has 3 N–H and O–H groups in total. The second kappa shape index (κ2) is 7.28. The number of anilines is 2. The molecule has 5 rings (SSSR count). The molecule has 1 aliphatic rings. The fraction of sp³-hybridized carbons (Fsp3) is 0.318. The van der Waals surface area contributed by atoms with Crippen LogP contribution < -0.4 is 15.5 Å². The highest BCUT2D eigenvalue weighted by Gasteiger charge is 2.21. The van der Waals surface area contributed by atoms with Crippen LogP contribution >= 0.6 is 0 Å². The van der Waals surface area contributed by atoms with Gasteiger partial charge in [-0.2, -0.15) is 10.2 Å². The molecule has 2 aromatic carbocycles. The van der Waals surface area contributed by atoms with E-state index in [1.165, 1.54) is 0 Å². The smallest absolute Gasteiger partial charge is 0.258 e. The van der Waals surface area contributed by atoms with Crippen LogP contribution in [-0.2, 0) is 14.1 Å². The molecule has 0 spiro atoms. The summed E-state index contributed by atoms with van der Waals surface area (Å²) in [7, 11) is 3.66. The van der Waals surface area contributed by atoms with E-state index in [4.69, 9.17) is 0 Å². The SMILES string of the molecule is Cc1cc(NC(=O)c2ccc(N3CCNCC3)c3cn(C)nc23)c(O)c2cn(C)nc12. The zero-order chi connectivity index (χ0) is 21.7. The summed E-state index contributed by atoms with van der Waals surface area (Å²) in [5, 5.41) is 27.4. The Balaban J connectivity index is 1.53. The number of carbonyl (C=O) groups excluding carboxylic acids is 1. The molecule has 9 nitrogen and oxygen atoms in total. The van der Waals surface area contributed by atoms with Crippen molar-refractivity contribution in [3.8, 4) is 5.75 Å². The molecule has 4 aromatic rings. The van der Waals surface area contributed by atoms with Gasteiger partial charge in [0.15, 0.2) is 0 Å². The molecule has 3 heterocycles. The number of benzene rings is 2. The van der Waals surface area contributed by atoms with Crippen molar-refractivity contribution in [3.63, 3.8) is 0 Å². The Kier molecular flexibility index (Phi) is 4.55. The first-order valence-corrected chi connectivity index (χ1v) is 10.3. The largest absolute Gasteiger partial charge is 0.505 e. The maximum absolute atomic E-state index is 13.2. The molecule has 2 aromatic heterocycles. The van der Waals surface area contributed by atoms with E-state index in [0.29, 0.717) is 27.7 Å². The van der Waals surface area contributed by atoms with E-state index in [0.717, 1.165) is 42.8 Å². The highest BCUT2D eigenvalue weighted by Crippen LogP contribution is 2.35. The minimum atomic E-state index is -0.312. The monoisotopic (exact) mass is 419 g/mol. The Hall–Kier alpha value is -3.59. The molecule has 1 saturated heterocycles. The van der Waals surface area contributed by atoms with Gasteiger partial charge in [0.05, 0.1) is 22.2 Å². The van der Waals surface area contributed by atoms with Gasteiger partial charge in [-0.25, -0.2) is 0 Å². The predicted octanol–water partition coefficient (Wildman–Crippen LogP) is 2.14. The van der Waals surface area contributed by atoms with Crippen molar-refractivity contribution in [2.45, 2.75) is 6.92 Å². The van der Waals surface area contributed by atoms with E-state index < -0.39 is 0 Å². The summed E-state index contributed by atoms with van der Waals surface area (Å²) < 4.78 is 3.38. The quantitative estimate of drug-likeness (QED) is 0.440. The fourth-order valence-electron chi connectivity index (χ4n) is 4.31. The Morgan fingerprint density at radius 3 is 2.48 bits per heavy atom. The van der Waals surface area contributed by atoms with Crippen molar-refractivity contribution in [2.75, 3.05) is 36.4 Å². The van der Waals surface area contributed by atoms with Crippen LogP contribution in [0.3, 0.4) is 0 Å². The number of carbonyl (C=O) groups is 1. The number of rotatable bonds is 3. The van der Waals surface area contributed by atoms with Crippen LogP contribution in [-0.4, -0.2) is 56.8 Å². The number of nitrogens with one attached hydrogen (secondary N) is 2. The first-order valence-electron chi connectivity index (χ1n) is 10.3. The van der Waals surface area contributed by atoms with Gasteiger partial charge >= 0.3 is 0 Å². The maximum Gasteiger partial charge on any atom is 0.258 e. The summed E-state index contributed by atoms with van der Waals surface area (Å²) >= 11 is 0. The Morgan fingerprint density at radius 2 is 1.74 bits per heavy atom. The third-order valence-electron chi connectivity index (χ3n) is 5.79. The molecular formula is C22H25N7O2. The molecule has 0 radical (unpaired) electrons. The van der Waals surface area contributed by atoms with E-state index in [2.05, 4.69) is 25.7 Å². The normalized spacial score (nSPS) is 14.5. The van der Waals surface area contributed by atoms with Crippen LogP contribution in [0.15, 0.2) is 30.6 Å². The molecular weight excluding hydrogens is 394 g/mol. The Bertz CT molecular complexity index is 1310. The standard InChI is InChI=1S/C22H25N7O2/c1-13-10-17(21(30)16-12-28(3)25-19(13)16)24-22(31)14-4-5-18(29-8-6-23-7-9-29)15-11-27(2)26-20(14)15/h4-5,10-12,23,30H,6-9H2,1-3H3,(H,24,31). The molecule has 0 saturated carbocycles. The lowest BCUT2D eigenvalue weighted by Gasteiger charge is -2.30. The molecule has 9 heteroatoms. The number of piperazine rings is 1. The number of aromatic nitrogens is 4. The van der Waals surface area contributed by atoms with E-state index in [1.54, 1.807) is 28.7 Å². The number of aryl methyl sites for hydroxylation is 3. The van der Waals surface area contributed by atoms with Gasteiger partial charge in [-0.05, 0) is 30.7 Å². The van der Waals surface area contributed by atoms with Crippen LogP contribution in [0, 0.1) is 6.92 Å². The van der Waals surface area contributed by atoms with Crippen LogP contribution in [0.25, 0.3) is 21.8 Å². The van der Waals surface area contributed by atoms with Gasteiger partial charge < -0.3 is 20.6 Å². The highest BCUT2D eigenvalue weighted by atomic mass is 16.3. The molecule has 1 fully saturated rings. The molecule has 0 aliphatic carbocycles. The maximum atomic E-state index is 13.2. The number of phenolic OH excluding ortho intramolecular Hbond substituents is 1. The lowest BCUT2D eigenvalue weighted by Crippen LogP contribution is -2.43. The van der Waals surface area contributed by atoms with Gasteiger partial charge in [0.1, 0.15) is 11.3 Å². The summed E-state index contributed by atoms with van der Waals surface area (Å²) in [4.78, 5) is 15.5. The molecule has 1 amide bonds. The summed E-state index contributed by atoms with van der Waals surface area (Å²) in [6, 6.07) is 5.54. The average molecular weight is 419 g/mol. The Morgan fingerprint density at radius 1 is 1.06 bits per heavy atom. The van der Waals surface area contributed by atoms with Crippen LogP contribution in [0.4, 0.5) is 11.4 Å². The number of aromatic hydroxyl groups is 1. The number of amides is 1. The van der Waals surface area contributed by atoms with Crippen molar-refractivity contribution in [3.05, 3.63) is 41.7 Å². The van der Waals surface area contributed by atoms with Crippen molar-refractivity contribution in [1.82, 2.24) is 24.9 Å². The first-order chi connectivity index (χ1) is 14.9. The zero-order valence-corrected chi connectivity index (χ0v) is 17.8. The van der Waals surface area contributed by atoms with Crippen molar-refractivity contribution in [1.29, 1.82) is 0 Å². The second-order valence-corrected chi connectivity index (χ2v) is 8.04. The zero-order valence-electron chi connectivity index (χ0n) is 17.8. The van der Waals surface area contributed by atoms with Crippen molar-refractivity contribution in [2.24, 2.45) is 14.1 Å². The lowest BCUT2D eigenvalue weighted by atomic mass is 10.1. The van der Waals surface area contributed by atoms with E-state index in [-0.39, 0.29) is 11.7 Å². The molecule has 0 unspecified atom stereocenters. The highest BCUT2D eigenvalue weighted by molar-refractivity contribution is 6.15. The predicted molar refractivity (Wildman–Crippen MR) is 121 cm³/mol. The molecule has 0 atom stereocenters. The van der Waals surface area contributed by atoms with Gasteiger partial charge in [0.2, 0.25) is 0 Å². The third kappa shape index (κ3) is 3.27. The minimum Gasteiger partial charge on any atom is -0.505 e. The summed E-state index contributed by atoms with van der Waals surface area (Å²) in [6.07, 6.45) is 3.69. The fourth-order valence-corrected chi connectivity index (χ4v) is 4.31. The molecule has 0 bridgehead atoms. The van der Waals surface area contributed by atoms with Crippen molar-refractivity contribution < 1.29 is 9.90 Å². The van der Waals surface area contributed by atoms with Gasteiger partial charge in [-0.15, -0.1) is 0 Å². The number of hydrogen-bond donors (Lipinski definition) is 3. The Labute approximate surface area is 179 Å². The molecule has 160 valence electrons. The summed E-state index contributed by atoms with van der Waals surface area (Å²) in [5.41, 5.74) is 4.15. The first kappa shape index (κ1) is 19.4. The lowest BCUT2D eigenvalue weighted by molar-refractivity contribution is 0.102. The van der Waals surface area contributed by atoms with Crippen LogP contribution in [0.2, 0.25) is 0 Å². The van der Waals surface area contributed by atoms with E-state index in [1.807, 2.05) is 32.3 Å². The number of hydrogen-bond acceptors (Lipinski definition) is 6. The van der Waals surface area contributed by atoms with Gasteiger partial charge in [-0.1, -0.05) is 0 Å². The summed E-state index contributed by atoms with van der Waals surface area (Å²) in [5.74, 6) is -0.301. The number of phenols is 1. The minimum absolute atomic E-state index is 0.0109.